The highest BCUT2D eigenvalue weighted by Gasteiger charge is 2.27. The zero-order valence-corrected chi connectivity index (χ0v) is 10.2. The van der Waals surface area contributed by atoms with Gasteiger partial charge in [-0.25, -0.2) is 0 Å². The fourth-order valence-electron chi connectivity index (χ4n) is 2.85. The summed E-state index contributed by atoms with van der Waals surface area (Å²) in [6.45, 7) is 11.2. The minimum Gasteiger partial charge on any atom is -0.0996 e. The van der Waals surface area contributed by atoms with Crippen molar-refractivity contribution in [3.8, 4) is 0 Å². The Balaban J connectivity index is 2.48. The van der Waals surface area contributed by atoms with Crippen LogP contribution in [-0.2, 0) is 0 Å². The Morgan fingerprint density at radius 3 is 2.57 bits per heavy atom. The Morgan fingerprint density at radius 2 is 2.00 bits per heavy atom. The third-order valence-electron chi connectivity index (χ3n) is 4.05. The minimum atomic E-state index is 0.841. The molecule has 0 saturated heterocycles. The molecule has 1 fully saturated rings. The van der Waals surface area contributed by atoms with E-state index in [4.69, 9.17) is 0 Å². The molecule has 0 heteroatoms. The lowest BCUT2D eigenvalue weighted by atomic mass is 9.71. The van der Waals surface area contributed by atoms with E-state index in [9.17, 15) is 0 Å². The van der Waals surface area contributed by atoms with Gasteiger partial charge in [0, 0.05) is 0 Å². The first-order chi connectivity index (χ1) is 6.69. The molecule has 3 unspecified atom stereocenters. The highest BCUT2D eigenvalue weighted by molar-refractivity contribution is 5.02. The summed E-state index contributed by atoms with van der Waals surface area (Å²) < 4.78 is 0. The van der Waals surface area contributed by atoms with E-state index in [2.05, 4.69) is 27.4 Å². The second-order valence-electron chi connectivity index (χ2n) is 5.05. The maximum absolute atomic E-state index is 4.22. The summed E-state index contributed by atoms with van der Waals surface area (Å²) in [6, 6.07) is 0. The molecule has 1 rings (SSSR count). The Labute approximate surface area is 89.8 Å². The van der Waals surface area contributed by atoms with Crippen molar-refractivity contribution in [2.45, 2.75) is 59.3 Å². The summed E-state index contributed by atoms with van der Waals surface area (Å²) in [5.41, 5.74) is 1.50. The number of allylic oxidation sites excluding steroid dienone is 1. The second kappa shape index (κ2) is 5.58. The van der Waals surface area contributed by atoms with Crippen LogP contribution in [0, 0.1) is 17.8 Å². The molecule has 82 valence electrons. The summed E-state index contributed by atoms with van der Waals surface area (Å²) in [4.78, 5) is 0. The van der Waals surface area contributed by atoms with Gasteiger partial charge in [-0.15, -0.1) is 0 Å². The molecule has 0 nitrogen and oxygen atoms in total. The lowest BCUT2D eigenvalue weighted by molar-refractivity contribution is 0.198. The lowest BCUT2D eigenvalue weighted by Gasteiger charge is -2.35. The van der Waals surface area contributed by atoms with Crippen molar-refractivity contribution in [1.29, 1.82) is 0 Å². The van der Waals surface area contributed by atoms with Gasteiger partial charge in [0.2, 0.25) is 0 Å². The number of hydrogen-bond acceptors (Lipinski definition) is 0. The zero-order valence-electron chi connectivity index (χ0n) is 10.2. The molecular weight excluding hydrogens is 168 g/mol. The average molecular weight is 194 g/mol. The Hall–Kier alpha value is -0.260. The molecule has 1 aliphatic carbocycles. The van der Waals surface area contributed by atoms with Gasteiger partial charge in [0.15, 0.2) is 0 Å². The Kier molecular flexibility index (Phi) is 4.71. The normalized spacial score (nSPS) is 32.9. The van der Waals surface area contributed by atoms with Crippen molar-refractivity contribution >= 4 is 0 Å². The molecule has 1 saturated carbocycles. The van der Waals surface area contributed by atoms with Crippen LogP contribution < -0.4 is 0 Å². The predicted octanol–water partition coefficient (Wildman–Crippen LogP) is 4.81. The highest BCUT2D eigenvalue weighted by atomic mass is 14.3. The van der Waals surface area contributed by atoms with E-state index in [1.165, 1.54) is 44.1 Å². The molecular formula is C14H26. The Morgan fingerprint density at radius 1 is 1.29 bits per heavy atom. The molecule has 3 atom stereocenters. The smallest absolute Gasteiger partial charge is 0.0203 e. The van der Waals surface area contributed by atoms with Crippen LogP contribution in [0.25, 0.3) is 0 Å². The maximum Gasteiger partial charge on any atom is -0.0203 e. The van der Waals surface area contributed by atoms with Gasteiger partial charge < -0.3 is 0 Å². The molecule has 14 heavy (non-hydrogen) atoms. The molecule has 0 bridgehead atoms. The SMILES string of the molecule is C=C(CC)C1CCC(C)C(CCC)C1. The first-order valence-electron chi connectivity index (χ1n) is 6.36. The fraction of sp³-hybridized carbons (Fsp3) is 0.857. The molecule has 1 aliphatic rings. The third-order valence-corrected chi connectivity index (χ3v) is 4.05. The van der Waals surface area contributed by atoms with E-state index in [1.54, 1.807) is 0 Å². The molecule has 0 spiro atoms. The van der Waals surface area contributed by atoms with E-state index in [0.717, 1.165) is 17.8 Å². The lowest BCUT2D eigenvalue weighted by Crippen LogP contribution is -2.23. The van der Waals surface area contributed by atoms with Crippen LogP contribution in [0.4, 0.5) is 0 Å². The van der Waals surface area contributed by atoms with Crippen LogP contribution in [0.2, 0.25) is 0 Å². The number of rotatable bonds is 4. The summed E-state index contributed by atoms with van der Waals surface area (Å²) in [5, 5.41) is 0. The van der Waals surface area contributed by atoms with Gasteiger partial charge >= 0.3 is 0 Å². The summed E-state index contributed by atoms with van der Waals surface area (Å²) >= 11 is 0. The Bertz CT molecular complexity index is 180. The van der Waals surface area contributed by atoms with Gasteiger partial charge in [0.25, 0.3) is 0 Å². The van der Waals surface area contributed by atoms with Gasteiger partial charge in [0.05, 0.1) is 0 Å². The first kappa shape index (κ1) is 11.8. The second-order valence-corrected chi connectivity index (χ2v) is 5.05. The summed E-state index contributed by atoms with van der Waals surface area (Å²) in [7, 11) is 0. The van der Waals surface area contributed by atoms with Crippen LogP contribution in [0.5, 0.6) is 0 Å². The van der Waals surface area contributed by atoms with Crippen LogP contribution in [0.1, 0.15) is 59.3 Å². The molecule has 0 radical (unpaired) electrons. The van der Waals surface area contributed by atoms with E-state index in [-0.39, 0.29) is 0 Å². The largest absolute Gasteiger partial charge is 0.0996 e. The predicted molar refractivity (Wildman–Crippen MR) is 64.3 cm³/mol. The van der Waals surface area contributed by atoms with Crippen molar-refractivity contribution < 1.29 is 0 Å². The fourth-order valence-corrected chi connectivity index (χ4v) is 2.85. The monoisotopic (exact) mass is 194 g/mol. The highest BCUT2D eigenvalue weighted by Crippen LogP contribution is 2.39. The maximum atomic E-state index is 4.22. The molecule has 0 heterocycles. The molecule has 0 aromatic rings. The molecule has 0 aromatic heterocycles. The van der Waals surface area contributed by atoms with Crippen molar-refractivity contribution in [2.24, 2.45) is 17.8 Å². The van der Waals surface area contributed by atoms with E-state index in [1.807, 2.05) is 0 Å². The molecule has 0 amide bonds. The topological polar surface area (TPSA) is 0 Å². The van der Waals surface area contributed by atoms with E-state index in [0.29, 0.717) is 0 Å². The summed E-state index contributed by atoms with van der Waals surface area (Å²) in [5.74, 6) is 2.77. The van der Waals surface area contributed by atoms with Crippen LogP contribution in [0.3, 0.4) is 0 Å². The summed E-state index contributed by atoms with van der Waals surface area (Å²) in [6.07, 6.45) is 8.19. The van der Waals surface area contributed by atoms with Crippen molar-refractivity contribution in [3.63, 3.8) is 0 Å². The molecule has 0 N–H and O–H groups in total. The molecule has 0 aliphatic heterocycles. The third kappa shape index (κ3) is 2.87. The van der Waals surface area contributed by atoms with Crippen molar-refractivity contribution in [3.05, 3.63) is 12.2 Å². The average Bonchev–Trinajstić information content (AvgIpc) is 2.20. The van der Waals surface area contributed by atoms with Gasteiger partial charge in [-0.2, -0.15) is 0 Å². The van der Waals surface area contributed by atoms with E-state index < -0.39 is 0 Å². The molecule has 0 aromatic carbocycles. The van der Waals surface area contributed by atoms with Gasteiger partial charge in [-0.3, -0.25) is 0 Å². The van der Waals surface area contributed by atoms with E-state index >= 15 is 0 Å². The van der Waals surface area contributed by atoms with Crippen molar-refractivity contribution in [2.75, 3.05) is 0 Å². The standard InChI is InChI=1S/C14H26/c1-5-7-13-10-14(11(3)6-2)9-8-12(13)4/h12-14H,3,5-10H2,1-2,4H3. The van der Waals surface area contributed by atoms with Gasteiger partial charge in [0.1, 0.15) is 0 Å². The zero-order chi connectivity index (χ0) is 10.6. The van der Waals surface area contributed by atoms with Gasteiger partial charge in [-0.05, 0) is 43.4 Å². The first-order valence-corrected chi connectivity index (χ1v) is 6.36. The quantitative estimate of drug-likeness (QED) is 0.564. The van der Waals surface area contributed by atoms with Crippen LogP contribution in [-0.4, -0.2) is 0 Å². The van der Waals surface area contributed by atoms with Crippen molar-refractivity contribution in [1.82, 2.24) is 0 Å². The van der Waals surface area contributed by atoms with Crippen LogP contribution in [0.15, 0.2) is 12.2 Å². The minimum absolute atomic E-state index is 0.841. The number of hydrogen-bond donors (Lipinski definition) is 0. The van der Waals surface area contributed by atoms with Crippen LogP contribution >= 0.6 is 0 Å². The van der Waals surface area contributed by atoms with Gasteiger partial charge in [-0.1, -0.05) is 45.8 Å².